The predicted molar refractivity (Wildman–Crippen MR) is 62.5 cm³/mol. The van der Waals surface area contributed by atoms with E-state index in [1.165, 1.54) is 6.92 Å². The molecule has 0 heterocycles. The van der Waals surface area contributed by atoms with Crippen LogP contribution >= 0.6 is 0 Å². The lowest BCUT2D eigenvalue weighted by Crippen LogP contribution is -2.35. The number of nitrogens with two attached hydrogens (primary N) is 1. The normalized spacial score (nSPS) is 12.7. The molecule has 0 bridgehead atoms. The molecule has 0 aliphatic heterocycles. The van der Waals surface area contributed by atoms with Gasteiger partial charge in [0.15, 0.2) is 0 Å². The molecule has 20 heavy (non-hydrogen) atoms. The first kappa shape index (κ1) is 18.4. The second kappa shape index (κ2) is 8.51. The van der Waals surface area contributed by atoms with E-state index in [4.69, 9.17) is 5.73 Å². The van der Waals surface area contributed by atoms with Crippen molar-refractivity contribution in [3.05, 3.63) is 0 Å². The van der Waals surface area contributed by atoms with Gasteiger partial charge in [0.1, 0.15) is 11.8 Å². The number of carbonyl (C=O) groups is 3. The van der Waals surface area contributed by atoms with Crippen LogP contribution in [0, 0.1) is 0 Å². The molecule has 0 aromatic heterocycles. The van der Waals surface area contributed by atoms with Crippen molar-refractivity contribution in [2.45, 2.75) is 38.4 Å². The summed E-state index contributed by atoms with van der Waals surface area (Å²) in [6.45, 7) is 0.376. The maximum Gasteiger partial charge on any atom is 0.392 e. The van der Waals surface area contributed by atoms with Crippen LogP contribution in [0.2, 0.25) is 0 Å². The number of nitrogens with one attached hydrogen (secondary N) is 1. The van der Waals surface area contributed by atoms with Crippen LogP contribution < -0.4 is 11.1 Å². The summed E-state index contributed by atoms with van der Waals surface area (Å²) in [4.78, 5) is 33.0. The highest BCUT2D eigenvalue weighted by Crippen LogP contribution is 2.19. The van der Waals surface area contributed by atoms with Gasteiger partial charge in [-0.25, -0.2) is 0 Å². The van der Waals surface area contributed by atoms with Gasteiger partial charge < -0.3 is 15.8 Å². The summed E-state index contributed by atoms with van der Waals surface area (Å²) in [5, 5.41) is 2.29. The van der Waals surface area contributed by atoms with Crippen LogP contribution in [0.5, 0.6) is 0 Å². The van der Waals surface area contributed by atoms with Gasteiger partial charge in [-0.1, -0.05) is 0 Å². The first-order valence-corrected chi connectivity index (χ1v) is 5.87. The third-order valence-electron chi connectivity index (χ3n) is 2.15. The Balaban J connectivity index is 3.85. The monoisotopic (exact) mass is 298 g/mol. The number of esters is 1. The Kier molecular flexibility index (Phi) is 7.82. The first-order valence-electron chi connectivity index (χ1n) is 5.87. The van der Waals surface area contributed by atoms with Gasteiger partial charge in [-0.3, -0.25) is 14.4 Å². The highest BCUT2D eigenvalue weighted by atomic mass is 19.4. The standard InChI is InChI=1S/C11H17F3N2O4/c1-7(17)6-16-9(18)3-2-8(15)10(19)20-5-4-11(12,13)14/h8H,2-6,15H2,1H3,(H,16,18)/t8-/m1/s1. The minimum Gasteiger partial charge on any atom is -0.464 e. The predicted octanol–water partition coefficient (Wildman–Crippen LogP) is 0.295. The zero-order valence-electron chi connectivity index (χ0n) is 11.0. The van der Waals surface area contributed by atoms with Gasteiger partial charge in [-0.15, -0.1) is 0 Å². The average molecular weight is 298 g/mol. The van der Waals surface area contributed by atoms with E-state index in [1.807, 2.05) is 0 Å². The molecule has 1 atom stereocenters. The zero-order valence-corrected chi connectivity index (χ0v) is 11.0. The van der Waals surface area contributed by atoms with Gasteiger partial charge in [-0.05, 0) is 13.3 Å². The number of carbonyl (C=O) groups excluding carboxylic acids is 3. The van der Waals surface area contributed by atoms with Crippen molar-refractivity contribution in [1.82, 2.24) is 5.32 Å². The topological polar surface area (TPSA) is 98.5 Å². The fraction of sp³-hybridized carbons (Fsp3) is 0.727. The van der Waals surface area contributed by atoms with Gasteiger partial charge in [0.25, 0.3) is 0 Å². The molecule has 0 aromatic rings. The van der Waals surface area contributed by atoms with Crippen LogP contribution in [-0.2, 0) is 19.1 Å². The Morgan fingerprint density at radius 2 is 1.90 bits per heavy atom. The Labute approximate surface area is 113 Å². The van der Waals surface area contributed by atoms with E-state index in [9.17, 15) is 27.6 Å². The van der Waals surface area contributed by atoms with Gasteiger partial charge in [0, 0.05) is 6.42 Å². The molecule has 9 heteroatoms. The van der Waals surface area contributed by atoms with Crippen LogP contribution in [0.1, 0.15) is 26.2 Å². The number of alkyl halides is 3. The fourth-order valence-corrected chi connectivity index (χ4v) is 1.09. The Bertz CT molecular complexity index is 358. The number of Topliss-reactive ketones (excluding diaryl/α,β-unsaturated/α-hetero) is 1. The minimum absolute atomic E-state index is 0.0748. The highest BCUT2D eigenvalue weighted by molar-refractivity contribution is 5.85. The molecule has 0 aliphatic rings. The third-order valence-corrected chi connectivity index (χ3v) is 2.15. The maximum absolute atomic E-state index is 11.8. The van der Waals surface area contributed by atoms with Crippen LogP contribution in [-0.4, -0.2) is 43.0 Å². The fourth-order valence-electron chi connectivity index (χ4n) is 1.09. The van der Waals surface area contributed by atoms with E-state index in [0.717, 1.165) is 0 Å². The van der Waals surface area contributed by atoms with Crippen molar-refractivity contribution in [2.24, 2.45) is 5.73 Å². The summed E-state index contributed by atoms with van der Waals surface area (Å²) in [5.74, 6) is -1.69. The summed E-state index contributed by atoms with van der Waals surface area (Å²) in [5.41, 5.74) is 5.37. The molecular formula is C11H17F3N2O4. The van der Waals surface area contributed by atoms with Crippen molar-refractivity contribution in [3.63, 3.8) is 0 Å². The largest absolute Gasteiger partial charge is 0.464 e. The quantitative estimate of drug-likeness (QED) is 0.628. The van der Waals surface area contributed by atoms with Crippen molar-refractivity contribution in [3.8, 4) is 0 Å². The molecule has 0 fully saturated rings. The second-order valence-electron chi connectivity index (χ2n) is 4.16. The number of ether oxygens (including phenoxy) is 1. The molecule has 0 spiro atoms. The minimum atomic E-state index is -4.41. The van der Waals surface area contributed by atoms with Crippen LogP contribution in [0.4, 0.5) is 13.2 Å². The molecule has 1 amide bonds. The number of rotatable bonds is 8. The summed E-state index contributed by atoms with van der Waals surface area (Å²) in [7, 11) is 0. The summed E-state index contributed by atoms with van der Waals surface area (Å²) in [6.07, 6.45) is -5.85. The van der Waals surface area contributed by atoms with E-state index < -0.39 is 37.1 Å². The van der Waals surface area contributed by atoms with Crippen molar-refractivity contribution in [2.75, 3.05) is 13.2 Å². The molecule has 0 unspecified atom stereocenters. The lowest BCUT2D eigenvalue weighted by Gasteiger charge is -2.12. The number of hydrogen-bond acceptors (Lipinski definition) is 5. The van der Waals surface area contributed by atoms with Crippen molar-refractivity contribution >= 4 is 17.7 Å². The van der Waals surface area contributed by atoms with E-state index in [-0.39, 0.29) is 25.2 Å². The van der Waals surface area contributed by atoms with Crippen molar-refractivity contribution in [1.29, 1.82) is 0 Å². The first-order chi connectivity index (χ1) is 9.11. The van der Waals surface area contributed by atoms with E-state index in [1.54, 1.807) is 0 Å². The second-order valence-corrected chi connectivity index (χ2v) is 4.16. The third kappa shape index (κ3) is 10.3. The van der Waals surface area contributed by atoms with Gasteiger partial charge in [0.2, 0.25) is 5.91 Å². The van der Waals surface area contributed by atoms with Gasteiger partial charge in [0.05, 0.1) is 19.6 Å². The summed E-state index contributed by atoms with van der Waals surface area (Å²) < 4.78 is 39.8. The Morgan fingerprint density at radius 3 is 2.40 bits per heavy atom. The Hall–Kier alpha value is -1.64. The smallest absolute Gasteiger partial charge is 0.392 e. The van der Waals surface area contributed by atoms with E-state index in [2.05, 4.69) is 10.1 Å². The molecular weight excluding hydrogens is 281 g/mol. The maximum atomic E-state index is 11.8. The van der Waals surface area contributed by atoms with E-state index in [0.29, 0.717) is 0 Å². The molecule has 0 radical (unpaired) electrons. The molecule has 0 aromatic carbocycles. The number of ketones is 1. The van der Waals surface area contributed by atoms with E-state index >= 15 is 0 Å². The van der Waals surface area contributed by atoms with Crippen LogP contribution in [0.15, 0.2) is 0 Å². The lowest BCUT2D eigenvalue weighted by molar-refractivity contribution is -0.160. The molecule has 0 saturated heterocycles. The molecule has 116 valence electrons. The van der Waals surface area contributed by atoms with Crippen LogP contribution in [0.3, 0.4) is 0 Å². The molecule has 3 N–H and O–H groups in total. The van der Waals surface area contributed by atoms with Crippen LogP contribution in [0.25, 0.3) is 0 Å². The lowest BCUT2D eigenvalue weighted by atomic mass is 10.1. The number of halogens is 3. The van der Waals surface area contributed by atoms with Gasteiger partial charge in [-0.2, -0.15) is 13.2 Å². The Morgan fingerprint density at radius 1 is 1.30 bits per heavy atom. The zero-order chi connectivity index (χ0) is 15.8. The molecule has 6 nitrogen and oxygen atoms in total. The van der Waals surface area contributed by atoms with Crippen molar-refractivity contribution < 1.29 is 32.3 Å². The summed E-state index contributed by atoms with van der Waals surface area (Å²) in [6, 6.07) is -1.17. The van der Waals surface area contributed by atoms with Gasteiger partial charge >= 0.3 is 12.1 Å². The molecule has 0 saturated carbocycles. The molecule has 0 aliphatic carbocycles. The SMILES string of the molecule is CC(=O)CNC(=O)CC[C@@H](N)C(=O)OCCC(F)(F)F. The summed E-state index contributed by atoms with van der Waals surface area (Å²) >= 11 is 0. The average Bonchev–Trinajstić information content (AvgIpc) is 2.31. The number of amides is 1. The number of hydrogen-bond donors (Lipinski definition) is 2. The highest BCUT2D eigenvalue weighted by Gasteiger charge is 2.28. The molecule has 0 rings (SSSR count).